The maximum Gasteiger partial charge on any atom is 0.422 e. The van der Waals surface area contributed by atoms with Crippen LogP contribution >= 0.6 is 0 Å². The van der Waals surface area contributed by atoms with Gasteiger partial charge in [0.2, 0.25) is 0 Å². The van der Waals surface area contributed by atoms with Crippen LogP contribution < -0.4 is 0 Å². The van der Waals surface area contributed by atoms with Crippen LogP contribution in [0.3, 0.4) is 0 Å². The molecule has 0 unspecified atom stereocenters. The third-order valence-corrected chi connectivity index (χ3v) is 2.49. The predicted octanol–water partition coefficient (Wildman–Crippen LogP) is 3.55. The van der Waals surface area contributed by atoms with Crippen LogP contribution in [-0.2, 0) is 9.47 Å². The summed E-state index contributed by atoms with van der Waals surface area (Å²) in [6.07, 6.45) is -6.58. The van der Waals surface area contributed by atoms with Crippen molar-refractivity contribution >= 4 is 0 Å². The van der Waals surface area contributed by atoms with Gasteiger partial charge in [0, 0.05) is 0 Å². The lowest BCUT2D eigenvalue weighted by atomic mass is 10.1. The normalized spacial score (nSPS) is 15.2. The van der Waals surface area contributed by atoms with Crippen molar-refractivity contribution in [3.8, 4) is 0 Å². The standard InChI is InChI=1S/C11H14F10O3/c1-6(2)24-11(20,21)9(16,17)5-23-4-8(14,15)10(18,19)7(12,13)3-22/h6,22H,3-5H2,1-2H3. The van der Waals surface area contributed by atoms with E-state index in [1.165, 1.54) is 0 Å². The van der Waals surface area contributed by atoms with Crippen molar-refractivity contribution in [3.63, 3.8) is 0 Å². The summed E-state index contributed by atoms with van der Waals surface area (Å²) in [4.78, 5) is 0. The van der Waals surface area contributed by atoms with E-state index in [1.54, 1.807) is 0 Å². The zero-order chi connectivity index (χ0) is 19.6. The molecule has 146 valence electrons. The number of aliphatic hydroxyl groups excluding tert-OH is 1. The summed E-state index contributed by atoms with van der Waals surface area (Å²) in [5.41, 5.74) is 0. The van der Waals surface area contributed by atoms with E-state index in [2.05, 4.69) is 9.47 Å². The summed E-state index contributed by atoms with van der Waals surface area (Å²) < 4.78 is 136. The third-order valence-electron chi connectivity index (χ3n) is 2.49. The minimum absolute atomic E-state index is 0.955. The topological polar surface area (TPSA) is 38.7 Å². The first-order chi connectivity index (χ1) is 10.4. The number of rotatable bonds is 10. The van der Waals surface area contributed by atoms with Gasteiger partial charge >= 0.3 is 29.8 Å². The Hall–Kier alpha value is -0.820. The molecule has 0 amide bonds. The number of hydrogen-bond acceptors (Lipinski definition) is 3. The maximum absolute atomic E-state index is 13.1. The Kier molecular flexibility index (Phi) is 6.95. The number of hydrogen-bond donors (Lipinski definition) is 1. The summed E-state index contributed by atoms with van der Waals surface area (Å²) in [6, 6.07) is 0. The van der Waals surface area contributed by atoms with Gasteiger partial charge < -0.3 is 14.6 Å². The molecule has 0 bridgehead atoms. The van der Waals surface area contributed by atoms with Gasteiger partial charge in [-0.2, -0.15) is 43.9 Å². The SMILES string of the molecule is CC(C)OC(F)(F)C(F)(F)COCC(F)(F)C(F)(F)C(F)(F)CO. The van der Waals surface area contributed by atoms with E-state index < -0.39 is 55.7 Å². The smallest absolute Gasteiger partial charge is 0.390 e. The molecule has 0 aromatic rings. The summed E-state index contributed by atoms with van der Waals surface area (Å²) >= 11 is 0. The van der Waals surface area contributed by atoms with Gasteiger partial charge in [-0.1, -0.05) is 0 Å². The van der Waals surface area contributed by atoms with Gasteiger partial charge in [0.05, 0.1) is 6.10 Å². The molecule has 0 rings (SSSR count). The van der Waals surface area contributed by atoms with E-state index in [-0.39, 0.29) is 0 Å². The molecule has 0 saturated heterocycles. The minimum Gasteiger partial charge on any atom is -0.390 e. The second-order valence-electron chi connectivity index (χ2n) is 5.02. The van der Waals surface area contributed by atoms with Gasteiger partial charge in [0.15, 0.2) is 0 Å². The van der Waals surface area contributed by atoms with E-state index >= 15 is 0 Å². The van der Waals surface area contributed by atoms with Gasteiger partial charge in [0.1, 0.15) is 19.8 Å². The molecule has 13 heteroatoms. The highest BCUT2D eigenvalue weighted by Gasteiger charge is 2.71. The average Bonchev–Trinajstić information content (AvgIpc) is 2.35. The third kappa shape index (κ3) is 4.85. The highest BCUT2D eigenvalue weighted by atomic mass is 19.3. The van der Waals surface area contributed by atoms with E-state index in [0.29, 0.717) is 0 Å². The molecule has 0 aromatic carbocycles. The zero-order valence-corrected chi connectivity index (χ0v) is 12.2. The molecule has 0 atom stereocenters. The van der Waals surface area contributed by atoms with Crippen molar-refractivity contribution in [1.29, 1.82) is 0 Å². The van der Waals surface area contributed by atoms with Crippen molar-refractivity contribution in [1.82, 2.24) is 0 Å². The molecule has 0 aliphatic rings. The lowest BCUT2D eigenvalue weighted by Gasteiger charge is -2.32. The summed E-state index contributed by atoms with van der Waals surface area (Å²) in [7, 11) is 0. The first kappa shape index (κ1) is 23.2. The molecule has 0 radical (unpaired) electrons. The summed E-state index contributed by atoms with van der Waals surface area (Å²) in [6.45, 7) is -5.97. The molecule has 24 heavy (non-hydrogen) atoms. The van der Waals surface area contributed by atoms with Crippen LogP contribution in [0, 0.1) is 0 Å². The Morgan fingerprint density at radius 2 is 1.17 bits per heavy atom. The van der Waals surface area contributed by atoms with Crippen LogP contribution in [0.4, 0.5) is 43.9 Å². The van der Waals surface area contributed by atoms with Crippen LogP contribution in [0.25, 0.3) is 0 Å². The molecule has 0 heterocycles. The van der Waals surface area contributed by atoms with Gasteiger partial charge in [0.25, 0.3) is 0 Å². The molecule has 1 N–H and O–H groups in total. The molecule has 0 aromatic heterocycles. The zero-order valence-electron chi connectivity index (χ0n) is 12.2. The Labute approximate surface area is 129 Å². The molecular weight excluding hydrogens is 370 g/mol. The highest BCUT2D eigenvalue weighted by molar-refractivity contribution is 4.96. The second kappa shape index (κ2) is 7.20. The Bertz CT molecular complexity index is 411. The first-order valence-corrected chi connectivity index (χ1v) is 6.19. The molecular formula is C11H14F10O3. The molecule has 0 spiro atoms. The maximum atomic E-state index is 13.1. The van der Waals surface area contributed by atoms with Gasteiger partial charge in [-0.3, -0.25) is 0 Å². The van der Waals surface area contributed by atoms with E-state index in [0.717, 1.165) is 13.8 Å². The second-order valence-corrected chi connectivity index (χ2v) is 5.02. The number of alkyl halides is 10. The lowest BCUT2D eigenvalue weighted by Crippen LogP contribution is -2.58. The van der Waals surface area contributed by atoms with E-state index in [4.69, 9.17) is 5.11 Å². The fraction of sp³-hybridized carbons (Fsp3) is 1.00. The highest BCUT2D eigenvalue weighted by Crippen LogP contribution is 2.46. The van der Waals surface area contributed by atoms with Gasteiger partial charge in [-0.25, -0.2) is 0 Å². The van der Waals surface area contributed by atoms with Gasteiger partial charge in [-0.15, -0.1) is 0 Å². The lowest BCUT2D eigenvalue weighted by molar-refractivity contribution is -0.372. The molecule has 0 saturated carbocycles. The average molecular weight is 384 g/mol. The van der Waals surface area contributed by atoms with Crippen molar-refractivity contribution in [2.45, 2.75) is 49.8 Å². The van der Waals surface area contributed by atoms with E-state index in [1.807, 2.05) is 0 Å². The van der Waals surface area contributed by atoms with Crippen molar-refractivity contribution < 1.29 is 58.5 Å². The summed E-state index contributed by atoms with van der Waals surface area (Å²) in [5.74, 6) is -22.7. The Morgan fingerprint density at radius 3 is 1.54 bits per heavy atom. The van der Waals surface area contributed by atoms with Crippen molar-refractivity contribution in [2.75, 3.05) is 19.8 Å². The molecule has 0 aliphatic carbocycles. The largest absolute Gasteiger partial charge is 0.422 e. The predicted molar refractivity (Wildman–Crippen MR) is 58.9 cm³/mol. The summed E-state index contributed by atoms with van der Waals surface area (Å²) in [5, 5.41) is 8.00. The van der Waals surface area contributed by atoms with Crippen LogP contribution in [0.15, 0.2) is 0 Å². The fourth-order valence-corrected chi connectivity index (χ4v) is 1.23. The minimum atomic E-state index is -6.17. The Morgan fingerprint density at radius 1 is 0.750 bits per heavy atom. The molecule has 3 nitrogen and oxygen atoms in total. The van der Waals surface area contributed by atoms with Gasteiger partial charge in [-0.05, 0) is 13.8 Å². The van der Waals surface area contributed by atoms with Crippen LogP contribution in [0.1, 0.15) is 13.8 Å². The fourth-order valence-electron chi connectivity index (χ4n) is 1.23. The molecule has 0 aliphatic heterocycles. The van der Waals surface area contributed by atoms with Crippen LogP contribution in [-0.4, -0.2) is 60.8 Å². The number of halogens is 10. The molecule has 0 fully saturated rings. The van der Waals surface area contributed by atoms with Crippen molar-refractivity contribution in [3.05, 3.63) is 0 Å². The number of ether oxygens (including phenoxy) is 2. The monoisotopic (exact) mass is 384 g/mol. The van der Waals surface area contributed by atoms with Crippen LogP contribution in [0.5, 0.6) is 0 Å². The first-order valence-electron chi connectivity index (χ1n) is 6.19. The van der Waals surface area contributed by atoms with E-state index in [9.17, 15) is 43.9 Å². The van der Waals surface area contributed by atoms with Crippen molar-refractivity contribution in [2.24, 2.45) is 0 Å². The Balaban J connectivity index is 4.96. The van der Waals surface area contributed by atoms with Crippen LogP contribution in [0.2, 0.25) is 0 Å². The number of aliphatic hydroxyl groups is 1. The quantitative estimate of drug-likeness (QED) is 0.586.